The van der Waals surface area contributed by atoms with Crippen molar-refractivity contribution in [3.63, 3.8) is 0 Å². The first-order valence-electron chi connectivity index (χ1n) is 7.55. The summed E-state index contributed by atoms with van der Waals surface area (Å²) in [4.78, 5) is 2.40. The van der Waals surface area contributed by atoms with E-state index in [4.69, 9.17) is 9.94 Å². The third-order valence-electron chi connectivity index (χ3n) is 4.27. The molecule has 0 spiro atoms. The number of oxime groups is 1. The second-order valence-electron chi connectivity index (χ2n) is 5.58. The molecule has 2 aliphatic heterocycles. The maximum absolute atomic E-state index is 9.10. The maximum Gasteiger partial charge on any atom is 0.0906 e. The van der Waals surface area contributed by atoms with Crippen molar-refractivity contribution >= 4 is 11.4 Å². The minimum Gasteiger partial charge on any atom is -0.411 e. The number of hydrogen-bond acceptors (Lipinski definition) is 4. The van der Waals surface area contributed by atoms with Crippen molar-refractivity contribution in [3.05, 3.63) is 29.8 Å². The number of nitrogens with zero attached hydrogens (tertiary/aromatic N) is 2. The Kier molecular flexibility index (Phi) is 4.21. The van der Waals surface area contributed by atoms with Crippen LogP contribution in [0.4, 0.5) is 5.69 Å². The van der Waals surface area contributed by atoms with Crippen LogP contribution in [0.3, 0.4) is 0 Å². The van der Waals surface area contributed by atoms with Gasteiger partial charge in [0.05, 0.1) is 11.8 Å². The van der Waals surface area contributed by atoms with Crippen molar-refractivity contribution in [2.24, 2.45) is 5.16 Å². The minimum absolute atomic E-state index is 0.476. The first-order chi connectivity index (χ1) is 9.88. The highest BCUT2D eigenvalue weighted by molar-refractivity contribution is 6.06. The highest BCUT2D eigenvalue weighted by Gasteiger charge is 2.22. The van der Waals surface area contributed by atoms with Crippen molar-refractivity contribution in [1.29, 1.82) is 0 Å². The van der Waals surface area contributed by atoms with Crippen LogP contribution in [0, 0.1) is 0 Å². The molecule has 1 aromatic carbocycles. The third kappa shape index (κ3) is 2.80. The van der Waals surface area contributed by atoms with Gasteiger partial charge in [-0.25, -0.2) is 0 Å². The van der Waals surface area contributed by atoms with Gasteiger partial charge in [0.15, 0.2) is 0 Å². The van der Waals surface area contributed by atoms with E-state index >= 15 is 0 Å². The molecule has 0 aromatic heterocycles. The lowest BCUT2D eigenvalue weighted by atomic mass is 9.99. The molecule has 0 saturated carbocycles. The molecule has 1 saturated heterocycles. The number of ether oxygens (including phenoxy) is 1. The quantitative estimate of drug-likeness (QED) is 0.678. The molecule has 108 valence electrons. The summed E-state index contributed by atoms with van der Waals surface area (Å²) in [6, 6.07) is 8.20. The molecule has 0 bridgehead atoms. The predicted molar refractivity (Wildman–Crippen MR) is 79.8 cm³/mol. The predicted octanol–water partition coefficient (Wildman–Crippen LogP) is 3.03. The van der Waals surface area contributed by atoms with Crippen molar-refractivity contribution in [1.82, 2.24) is 0 Å². The first kappa shape index (κ1) is 13.4. The molecule has 1 unspecified atom stereocenters. The Balaban J connectivity index is 1.62. The van der Waals surface area contributed by atoms with Crippen molar-refractivity contribution in [3.8, 4) is 0 Å². The molecule has 1 fully saturated rings. The zero-order chi connectivity index (χ0) is 13.8. The summed E-state index contributed by atoms with van der Waals surface area (Å²) in [5, 5.41) is 12.5. The van der Waals surface area contributed by atoms with Crippen LogP contribution in [0.1, 0.15) is 37.7 Å². The van der Waals surface area contributed by atoms with Gasteiger partial charge in [-0.1, -0.05) is 23.4 Å². The Labute approximate surface area is 120 Å². The number of hydrogen-bond donors (Lipinski definition) is 1. The smallest absolute Gasteiger partial charge is 0.0906 e. The van der Waals surface area contributed by atoms with Gasteiger partial charge < -0.3 is 14.8 Å². The zero-order valence-electron chi connectivity index (χ0n) is 11.8. The van der Waals surface area contributed by atoms with Gasteiger partial charge in [0.25, 0.3) is 0 Å². The van der Waals surface area contributed by atoms with Crippen LogP contribution in [0.15, 0.2) is 29.4 Å². The van der Waals surface area contributed by atoms with Crippen LogP contribution in [-0.2, 0) is 4.74 Å². The van der Waals surface area contributed by atoms with Gasteiger partial charge in [-0.3, -0.25) is 0 Å². The number of rotatable bonds is 4. The van der Waals surface area contributed by atoms with E-state index in [-0.39, 0.29) is 0 Å². The normalized spacial score (nSPS) is 24.1. The van der Waals surface area contributed by atoms with Gasteiger partial charge in [-0.15, -0.1) is 0 Å². The van der Waals surface area contributed by atoms with Gasteiger partial charge in [-0.05, 0) is 31.7 Å². The second-order valence-corrected chi connectivity index (χ2v) is 5.58. The molecule has 0 aliphatic carbocycles. The summed E-state index contributed by atoms with van der Waals surface area (Å²) in [6.45, 7) is 2.92. The van der Waals surface area contributed by atoms with Gasteiger partial charge in [0.1, 0.15) is 0 Å². The summed E-state index contributed by atoms with van der Waals surface area (Å²) < 4.78 is 5.68. The summed E-state index contributed by atoms with van der Waals surface area (Å²) in [5.41, 5.74) is 3.06. The average molecular weight is 274 g/mol. The van der Waals surface area contributed by atoms with Crippen molar-refractivity contribution in [2.75, 3.05) is 24.6 Å². The van der Waals surface area contributed by atoms with Crippen LogP contribution >= 0.6 is 0 Å². The summed E-state index contributed by atoms with van der Waals surface area (Å²) in [5.74, 6) is 0. The molecular weight excluding hydrogens is 252 g/mol. The Morgan fingerprint density at radius 3 is 3.05 bits per heavy atom. The third-order valence-corrected chi connectivity index (χ3v) is 4.27. The Morgan fingerprint density at radius 1 is 1.35 bits per heavy atom. The lowest BCUT2D eigenvalue weighted by Gasteiger charge is -2.31. The van der Waals surface area contributed by atoms with E-state index in [9.17, 15) is 0 Å². The van der Waals surface area contributed by atoms with Crippen LogP contribution in [0.25, 0.3) is 0 Å². The largest absolute Gasteiger partial charge is 0.411 e. The van der Waals surface area contributed by atoms with Crippen LogP contribution in [-0.4, -0.2) is 36.7 Å². The lowest BCUT2D eigenvalue weighted by molar-refractivity contribution is 0.103. The van der Waals surface area contributed by atoms with E-state index < -0.39 is 0 Å². The fourth-order valence-electron chi connectivity index (χ4n) is 3.21. The van der Waals surface area contributed by atoms with Crippen LogP contribution in [0.5, 0.6) is 0 Å². The van der Waals surface area contributed by atoms with Gasteiger partial charge in [0, 0.05) is 37.4 Å². The van der Waals surface area contributed by atoms with E-state index in [1.54, 1.807) is 0 Å². The lowest BCUT2D eigenvalue weighted by Crippen LogP contribution is -2.33. The average Bonchev–Trinajstić information content (AvgIpc) is 3.01. The highest BCUT2D eigenvalue weighted by atomic mass is 16.5. The molecule has 1 aromatic rings. The van der Waals surface area contributed by atoms with E-state index in [2.05, 4.69) is 16.1 Å². The number of fused-ring (bicyclic) bond motifs is 1. The SMILES string of the molecule is ON=C1CCN(CCCC2CCCO2)c2ccccc21. The topological polar surface area (TPSA) is 45.1 Å². The maximum atomic E-state index is 9.10. The van der Waals surface area contributed by atoms with Crippen LogP contribution < -0.4 is 4.90 Å². The molecule has 3 rings (SSSR count). The van der Waals surface area contributed by atoms with Gasteiger partial charge in [0.2, 0.25) is 0 Å². The zero-order valence-corrected chi connectivity index (χ0v) is 11.8. The van der Waals surface area contributed by atoms with Crippen LogP contribution in [0.2, 0.25) is 0 Å². The molecule has 0 amide bonds. The summed E-state index contributed by atoms with van der Waals surface area (Å²) in [6.07, 6.45) is 6.04. The Morgan fingerprint density at radius 2 is 2.25 bits per heavy atom. The van der Waals surface area contributed by atoms with E-state index in [1.807, 2.05) is 18.2 Å². The molecule has 0 radical (unpaired) electrons. The minimum atomic E-state index is 0.476. The molecule has 4 heteroatoms. The van der Waals surface area contributed by atoms with E-state index in [0.717, 1.165) is 50.2 Å². The molecular formula is C16H22N2O2. The van der Waals surface area contributed by atoms with Crippen molar-refractivity contribution < 1.29 is 9.94 Å². The standard InChI is InChI=1S/C16H22N2O2/c19-17-15-9-11-18(16-8-2-1-7-14(15)16)10-3-5-13-6-4-12-20-13/h1-2,7-8,13,19H,3-6,9-12H2. The highest BCUT2D eigenvalue weighted by Crippen LogP contribution is 2.28. The molecule has 1 N–H and O–H groups in total. The molecule has 1 atom stereocenters. The first-order valence-corrected chi connectivity index (χ1v) is 7.55. The molecule has 20 heavy (non-hydrogen) atoms. The summed E-state index contributed by atoms with van der Waals surface area (Å²) >= 11 is 0. The molecule has 2 heterocycles. The van der Waals surface area contributed by atoms with Gasteiger partial charge in [-0.2, -0.15) is 0 Å². The fourth-order valence-corrected chi connectivity index (χ4v) is 3.21. The van der Waals surface area contributed by atoms with E-state index in [0.29, 0.717) is 6.10 Å². The fraction of sp³-hybridized carbons (Fsp3) is 0.562. The molecule has 4 nitrogen and oxygen atoms in total. The van der Waals surface area contributed by atoms with Crippen molar-refractivity contribution in [2.45, 2.75) is 38.2 Å². The summed E-state index contributed by atoms with van der Waals surface area (Å²) in [7, 11) is 0. The number of benzene rings is 1. The monoisotopic (exact) mass is 274 g/mol. The van der Waals surface area contributed by atoms with Gasteiger partial charge >= 0.3 is 0 Å². The Hall–Kier alpha value is -1.55. The second kappa shape index (κ2) is 6.27. The molecule has 2 aliphatic rings. The number of anilines is 1. The number of para-hydroxylation sites is 1. The van der Waals surface area contributed by atoms with E-state index in [1.165, 1.54) is 18.5 Å². The Bertz CT molecular complexity index is 481.